The Labute approximate surface area is 198 Å². The second-order valence-corrected chi connectivity index (χ2v) is 6.65. The number of ether oxygens (including phenoxy) is 2. The van der Waals surface area contributed by atoms with E-state index in [4.69, 9.17) is 20.0 Å². The molecule has 0 saturated carbocycles. The molecule has 3 aromatic heterocycles. The van der Waals surface area contributed by atoms with Crippen LogP contribution in [0.15, 0.2) is 37.3 Å². The molecule has 0 amide bonds. The lowest BCUT2D eigenvalue weighted by Gasteiger charge is -2.12. The molecule has 186 valence electrons. The SMILES string of the molecule is C=C(C)c1cc(OCc2c(F)cnc(N)c2F)cnc1NC.C=O.COc1ncc(F)cc1C.[HH].[HH]. The highest BCUT2D eigenvalue weighted by atomic mass is 19.1. The van der Waals surface area contributed by atoms with Gasteiger partial charge in [-0.2, -0.15) is 0 Å². The fourth-order valence-electron chi connectivity index (χ4n) is 2.60. The summed E-state index contributed by atoms with van der Waals surface area (Å²) in [4.78, 5) is 19.3. The highest BCUT2D eigenvalue weighted by Crippen LogP contribution is 2.26. The Balaban J connectivity index is 0. The highest BCUT2D eigenvalue weighted by molar-refractivity contribution is 5.72. The molecule has 0 saturated heterocycles. The number of methoxy groups -OCH3 is 1. The zero-order valence-corrected chi connectivity index (χ0v) is 19.3. The van der Waals surface area contributed by atoms with Gasteiger partial charge in [-0.1, -0.05) is 6.58 Å². The van der Waals surface area contributed by atoms with E-state index in [0.717, 1.165) is 23.5 Å². The lowest BCUT2D eigenvalue weighted by Crippen LogP contribution is -2.07. The number of pyridine rings is 3. The summed E-state index contributed by atoms with van der Waals surface area (Å²) in [6, 6.07) is 3.08. The summed E-state index contributed by atoms with van der Waals surface area (Å²) in [6.45, 7) is 9.10. The van der Waals surface area contributed by atoms with E-state index >= 15 is 0 Å². The van der Waals surface area contributed by atoms with Gasteiger partial charge in [0.05, 0.1) is 31.3 Å². The number of carbonyl (C=O) groups is 1. The topological polar surface area (TPSA) is 112 Å². The van der Waals surface area contributed by atoms with E-state index in [9.17, 15) is 13.2 Å². The predicted molar refractivity (Wildman–Crippen MR) is 128 cm³/mol. The van der Waals surface area contributed by atoms with Crippen LogP contribution in [0.25, 0.3) is 5.57 Å². The van der Waals surface area contributed by atoms with Gasteiger partial charge in [0.25, 0.3) is 0 Å². The third kappa shape index (κ3) is 7.47. The lowest BCUT2D eigenvalue weighted by molar-refractivity contribution is -0.0980. The van der Waals surface area contributed by atoms with Crippen molar-refractivity contribution in [2.45, 2.75) is 20.5 Å². The van der Waals surface area contributed by atoms with Gasteiger partial charge in [0.2, 0.25) is 5.88 Å². The number of hydrogen-bond acceptors (Lipinski definition) is 8. The third-order valence-corrected chi connectivity index (χ3v) is 4.23. The van der Waals surface area contributed by atoms with Gasteiger partial charge >= 0.3 is 0 Å². The van der Waals surface area contributed by atoms with Crippen LogP contribution in [0.1, 0.15) is 26.5 Å². The van der Waals surface area contributed by atoms with Crippen LogP contribution < -0.4 is 20.5 Å². The highest BCUT2D eigenvalue weighted by Gasteiger charge is 2.14. The number of nitrogens with two attached hydrogens (primary N) is 1. The molecule has 3 heterocycles. The van der Waals surface area contributed by atoms with Crippen LogP contribution in [-0.2, 0) is 11.4 Å². The van der Waals surface area contributed by atoms with Crippen molar-refractivity contribution in [1.29, 1.82) is 0 Å². The number of nitrogen functional groups attached to an aromatic ring is 1. The van der Waals surface area contributed by atoms with Gasteiger partial charge in [0.15, 0.2) is 17.5 Å². The summed E-state index contributed by atoms with van der Waals surface area (Å²) < 4.78 is 49.9. The quantitative estimate of drug-likeness (QED) is 0.515. The van der Waals surface area contributed by atoms with Gasteiger partial charge in [0, 0.05) is 21.0 Å². The largest absolute Gasteiger partial charge is 0.487 e. The van der Waals surface area contributed by atoms with Crippen molar-refractivity contribution in [2.75, 3.05) is 25.2 Å². The van der Waals surface area contributed by atoms with Crippen molar-refractivity contribution in [3.63, 3.8) is 0 Å². The van der Waals surface area contributed by atoms with Crippen molar-refractivity contribution in [3.05, 3.63) is 71.4 Å². The number of nitrogens with one attached hydrogen (secondary N) is 1. The van der Waals surface area contributed by atoms with Crippen LogP contribution in [0, 0.1) is 24.4 Å². The van der Waals surface area contributed by atoms with E-state index in [1.165, 1.54) is 19.4 Å². The molecule has 8 nitrogen and oxygen atoms in total. The normalized spacial score (nSPS) is 9.62. The summed E-state index contributed by atoms with van der Waals surface area (Å²) in [7, 11) is 3.24. The first-order valence-electron chi connectivity index (χ1n) is 9.67. The summed E-state index contributed by atoms with van der Waals surface area (Å²) in [6.07, 6.45) is 3.45. The molecule has 0 aliphatic carbocycles. The van der Waals surface area contributed by atoms with E-state index in [1.54, 1.807) is 20.0 Å². The maximum absolute atomic E-state index is 13.7. The molecular weight excluding hydrogens is 451 g/mol. The Morgan fingerprint density at radius 2 is 1.82 bits per heavy atom. The number of allylic oxidation sites excluding steroid dienone is 1. The number of aromatic nitrogens is 3. The van der Waals surface area contributed by atoms with Crippen molar-refractivity contribution in [2.24, 2.45) is 0 Å². The second-order valence-electron chi connectivity index (χ2n) is 6.65. The minimum absolute atomic E-state index is 0. The fraction of sp³-hybridized carbons (Fsp3) is 0.217. The van der Waals surface area contributed by atoms with Gasteiger partial charge < -0.3 is 25.3 Å². The molecule has 0 fully saturated rings. The number of hydrogen-bond donors (Lipinski definition) is 2. The Morgan fingerprint density at radius 1 is 1.15 bits per heavy atom. The third-order valence-electron chi connectivity index (χ3n) is 4.23. The summed E-state index contributed by atoms with van der Waals surface area (Å²) >= 11 is 0. The molecule has 0 spiro atoms. The Bertz CT molecular complexity index is 1140. The summed E-state index contributed by atoms with van der Waals surface area (Å²) in [5.74, 6) is -0.950. The zero-order chi connectivity index (χ0) is 25.8. The number of rotatable bonds is 6. The number of aryl methyl sites for hydroxylation is 1. The molecule has 0 aliphatic rings. The fourth-order valence-corrected chi connectivity index (χ4v) is 2.60. The monoisotopic (exact) mass is 481 g/mol. The van der Waals surface area contributed by atoms with Crippen LogP contribution in [0.2, 0.25) is 0 Å². The average Bonchev–Trinajstić information content (AvgIpc) is 2.83. The Kier molecular flexibility index (Phi) is 11.0. The molecule has 0 bridgehead atoms. The van der Waals surface area contributed by atoms with Gasteiger partial charge in [-0.05, 0) is 31.6 Å². The molecule has 3 N–H and O–H groups in total. The summed E-state index contributed by atoms with van der Waals surface area (Å²) in [5.41, 5.74) is 7.30. The first-order chi connectivity index (χ1) is 16.2. The number of anilines is 2. The van der Waals surface area contributed by atoms with Crippen molar-refractivity contribution in [1.82, 2.24) is 15.0 Å². The van der Waals surface area contributed by atoms with Crippen molar-refractivity contribution in [3.8, 4) is 11.6 Å². The Morgan fingerprint density at radius 3 is 2.38 bits per heavy atom. The molecule has 34 heavy (non-hydrogen) atoms. The van der Waals surface area contributed by atoms with Crippen LogP contribution >= 0.6 is 0 Å². The van der Waals surface area contributed by atoms with E-state index < -0.39 is 11.6 Å². The molecule has 0 aliphatic heterocycles. The Hall–Kier alpha value is -4.15. The van der Waals surface area contributed by atoms with Crippen LogP contribution in [-0.4, -0.2) is 35.9 Å². The lowest BCUT2D eigenvalue weighted by atomic mass is 10.1. The maximum Gasteiger partial charge on any atom is 0.216 e. The minimum Gasteiger partial charge on any atom is -0.487 e. The van der Waals surface area contributed by atoms with Gasteiger partial charge in [-0.15, -0.1) is 0 Å². The molecule has 0 radical (unpaired) electrons. The van der Waals surface area contributed by atoms with Crippen LogP contribution in [0.4, 0.5) is 24.8 Å². The van der Waals surface area contributed by atoms with Crippen molar-refractivity contribution < 1.29 is 30.3 Å². The molecular formula is C23H30F3N5O3. The van der Waals surface area contributed by atoms with Crippen LogP contribution in [0.5, 0.6) is 11.6 Å². The number of carbonyl (C=O) groups excluding carboxylic acids is 1. The van der Waals surface area contributed by atoms with Crippen LogP contribution in [0.3, 0.4) is 0 Å². The van der Waals surface area contributed by atoms with Gasteiger partial charge in [0.1, 0.15) is 30.8 Å². The number of halogens is 3. The minimum atomic E-state index is -0.917. The first-order valence-corrected chi connectivity index (χ1v) is 9.67. The van der Waals surface area contributed by atoms with E-state index in [-0.39, 0.29) is 26.7 Å². The van der Waals surface area contributed by atoms with E-state index in [1.807, 2.05) is 13.7 Å². The molecule has 3 rings (SSSR count). The molecule has 11 heteroatoms. The van der Waals surface area contributed by atoms with Gasteiger partial charge in [-0.3, -0.25) is 0 Å². The molecule has 0 atom stereocenters. The standard InChI is InChI=1S/C15H16F2N4O.C7H8FNO.CH2O.2H2/c1-8(2)10-4-9(5-21-15(10)19-3)22-7-11-12(16)6-20-14(18)13(11)17;1-5-3-6(8)4-9-7(5)10-2;1-2;;/h4-6H,1,7H2,2-3H3,(H2,18,20)(H,19,21);3-4H,1-2H3;1H2;2*1H. The second kappa shape index (κ2) is 13.4. The smallest absolute Gasteiger partial charge is 0.216 e. The average molecular weight is 482 g/mol. The maximum atomic E-state index is 13.7. The zero-order valence-electron chi connectivity index (χ0n) is 19.3. The van der Waals surface area contributed by atoms with Crippen molar-refractivity contribution >= 4 is 24.0 Å². The molecule has 0 unspecified atom stereocenters. The molecule has 0 aromatic carbocycles. The number of nitrogens with zero attached hydrogens (tertiary/aromatic N) is 3. The summed E-state index contributed by atoms with van der Waals surface area (Å²) in [5, 5.41) is 2.93. The van der Waals surface area contributed by atoms with E-state index in [0.29, 0.717) is 23.0 Å². The first kappa shape index (κ1) is 27.9. The van der Waals surface area contributed by atoms with Gasteiger partial charge in [-0.25, -0.2) is 28.1 Å². The predicted octanol–water partition coefficient (Wildman–Crippen LogP) is 4.84. The van der Waals surface area contributed by atoms with E-state index in [2.05, 4.69) is 26.8 Å². The molecule has 3 aromatic rings.